The summed E-state index contributed by atoms with van der Waals surface area (Å²) >= 11 is 1.62. The maximum absolute atomic E-state index is 10.2. The van der Waals surface area contributed by atoms with Gasteiger partial charge in [-0.25, -0.2) is 0 Å². The average molecular weight is 214 g/mol. The highest BCUT2D eigenvalue weighted by Crippen LogP contribution is 2.04. The van der Waals surface area contributed by atoms with Crippen LogP contribution in [-0.2, 0) is 11.3 Å². The van der Waals surface area contributed by atoms with Crippen LogP contribution in [0.2, 0.25) is 0 Å². The molecule has 0 aliphatic heterocycles. The Labute approximate surface area is 87.0 Å². The maximum atomic E-state index is 10.2. The molecule has 1 aromatic rings. The first kappa shape index (κ1) is 11.1. The molecular weight excluding hydrogens is 200 g/mol. The fourth-order valence-electron chi connectivity index (χ4n) is 1.07. The van der Waals surface area contributed by atoms with E-state index in [1.807, 2.05) is 6.20 Å². The normalized spacial score (nSPS) is 10.3. The molecular formula is C9H14N2O2S. The van der Waals surface area contributed by atoms with Crippen LogP contribution in [0.3, 0.4) is 0 Å². The van der Waals surface area contributed by atoms with Gasteiger partial charge in [-0.3, -0.25) is 9.78 Å². The van der Waals surface area contributed by atoms with Gasteiger partial charge in [0.2, 0.25) is 0 Å². The number of aromatic nitrogens is 1. The lowest BCUT2D eigenvalue weighted by Crippen LogP contribution is -2.14. The van der Waals surface area contributed by atoms with Gasteiger partial charge >= 0.3 is 5.97 Å². The second-order valence-electron chi connectivity index (χ2n) is 3.00. The summed E-state index contributed by atoms with van der Waals surface area (Å²) < 4.78 is 0. The zero-order valence-corrected chi connectivity index (χ0v) is 8.72. The van der Waals surface area contributed by atoms with E-state index >= 15 is 0 Å². The molecule has 0 fully saturated rings. The number of thiazole rings is 1. The number of rotatable bonds is 7. The van der Waals surface area contributed by atoms with Gasteiger partial charge in [0.15, 0.2) is 0 Å². The Morgan fingerprint density at radius 1 is 1.57 bits per heavy atom. The number of nitrogens with zero attached hydrogens (tertiary/aromatic N) is 1. The van der Waals surface area contributed by atoms with Crippen molar-refractivity contribution in [2.45, 2.75) is 25.8 Å². The van der Waals surface area contributed by atoms with Crippen molar-refractivity contribution < 1.29 is 9.90 Å². The monoisotopic (exact) mass is 214 g/mol. The standard InChI is InChI=1S/C9H14N2O2S/c12-9(13)3-1-2-4-10-5-8-6-11-7-14-8/h6-7,10H,1-5H2,(H,12,13). The minimum atomic E-state index is -0.715. The van der Waals surface area contributed by atoms with Crippen LogP contribution in [0.5, 0.6) is 0 Å². The molecule has 0 aliphatic carbocycles. The maximum Gasteiger partial charge on any atom is 0.303 e. The topological polar surface area (TPSA) is 62.2 Å². The van der Waals surface area contributed by atoms with Crippen LogP contribution >= 0.6 is 11.3 Å². The smallest absolute Gasteiger partial charge is 0.303 e. The van der Waals surface area contributed by atoms with Crippen LogP contribution in [-0.4, -0.2) is 22.6 Å². The second kappa shape index (κ2) is 6.50. The number of nitrogens with one attached hydrogen (secondary N) is 1. The predicted octanol–water partition coefficient (Wildman–Crippen LogP) is 1.49. The van der Waals surface area contributed by atoms with Gasteiger partial charge in [-0.05, 0) is 19.4 Å². The van der Waals surface area contributed by atoms with Crippen LogP contribution in [0.15, 0.2) is 11.7 Å². The number of unbranched alkanes of at least 4 members (excludes halogenated alkanes) is 1. The van der Waals surface area contributed by atoms with E-state index in [0.29, 0.717) is 0 Å². The zero-order chi connectivity index (χ0) is 10.2. The third kappa shape index (κ3) is 4.94. The lowest BCUT2D eigenvalue weighted by Gasteiger charge is -2.00. The third-order valence-corrected chi connectivity index (χ3v) is 2.56. The molecule has 0 aromatic carbocycles. The Hall–Kier alpha value is -0.940. The second-order valence-corrected chi connectivity index (χ2v) is 3.97. The van der Waals surface area contributed by atoms with E-state index in [0.717, 1.165) is 25.9 Å². The Morgan fingerprint density at radius 3 is 3.07 bits per heavy atom. The predicted molar refractivity (Wildman–Crippen MR) is 55.3 cm³/mol. The molecule has 1 heterocycles. The van der Waals surface area contributed by atoms with Crippen LogP contribution in [0.4, 0.5) is 0 Å². The van der Waals surface area contributed by atoms with Crippen LogP contribution in [0, 0.1) is 0 Å². The SMILES string of the molecule is O=C(O)CCCCNCc1cncs1. The number of carboxylic acid groups (broad SMARTS) is 1. The molecule has 1 aromatic heterocycles. The molecule has 0 saturated heterocycles. The first-order chi connectivity index (χ1) is 6.79. The zero-order valence-electron chi connectivity index (χ0n) is 7.90. The van der Waals surface area contributed by atoms with Crippen molar-refractivity contribution in [3.05, 3.63) is 16.6 Å². The molecule has 2 N–H and O–H groups in total. The van der Waals surface area contributed by atoms with Gasteiger partial charge in [0.05, 0.1) is 5.51 Å². The van der Waals surface area contributed by atoms with E-state index in [-0.39, 0.29) is 6.42 Å². The van der Waals surface area contributed by atoms with Crippen molar-refractivity contribution in [1.29, 1.82) is 0 Å². The average Bonchev–Trinajstić information content (AvgIpc) is 2.63. The molecule has 0 unspecified atom stereocenters. The fraction of sp³-hybridized carbons (Fsp3) is 0.556. The number of aliphatic carboxylic acids is 1. The van der Waals surface area contributed by atoms with E-state index in [1.165, 1.54) is 4.88 Å². The summed E-state index contributed by atoms with van der Waals surface area (Å²) in [5, 5.41) is 11.6. The molecule has 1 rings (SSSR count). The molecule has 0 saturated carbocycles. The van der Waals surface area contributed by atoms with Crippen molar-refractivity contribution in [2.75, 3.05) is 6.54 Å². The Bertz CT molecular complexity index is 262. The molecule has 0 atom stereocenters. The molecule has 4 nitrogen and oxygen atoms in total. The molecule has 0 bridgehead atoms. The first-order valence-electron chi connectivity index (χ1n) is 4.59. The van der Waals surface area contributed by atoms with E-state index in [1.54, 1.807) is 16.8 Å². The summed E-state index contributed by atoms with van der Waals surface area (Å²) in [7, 11) is 0. The van der Waals surface area contributed by atoms with Crippen molar-refractivity contribution in [2.24, 2.45) is 0 Å². The fourth-order valence-corrected chi connectivity index (χ4v) is 1.63. The largest absolute Gasteiger partial charge is 0.481 e. The van der Waals surface area contributed by atoms with Crippen molar-refractivity contribution in [3.8, 4) is 0 Å². The third-order valence-electron chi connectivity index (χ3n) is 1.78. The summed E-state index contributed by atoms with van der Waals surface area (Å²) in [4.78, 5) is 15.4. The van der Waals surface area contributed by atoms with Crippen molar-refractivity contribution in [3.63, 3.8) is 0 Å². The summed E-state index contributed by atoms with van der Waals surface area (Å²) in [5.41, 5.74) is 1.81. The van der Waals surface area contributed by atoms with E-state index in [4.69, 9.17) is 5.11 Å². The van der Waals surface area contributed by atoms with Gasteiger partial charge in [-0.1, -0.05) is 0 Å². The minimum absolute atomic E-state index is 0.266. The van der Waals surface area contributed by atoms with E-state index in [9.17, 15) is 4.79 Å². The summed E-state index contributed by atoms with van der Waals surface area (Å²) in [6.07, 6.45) is 3.76. The molecule has 0 aliphatic rings. The summed E-state index contributed by atoms with van der Waals surface area (Å²) in [6, 6.07) is 0. The molecule has 0 radical (unpaired) electrons. The van der Waals surface area contributed by atoms with Crippen molar-refractivity contribution in [1.82, 2.24) is 10.3 Å². The minimum Gasteiger partial charge on any atom is -0.481 e. The van der Waals surface area contributed by atoms with Crippen molar-refractivity contribution >= 4 is 17.3 Å². The first-order valence-corrected chi connectivity index (χ1v) is 5.47. The Balaban J connectivity index is 1.92. The van der Waals surface area contributed by atoms with Gasteiger partial charge in [0.25, 0.3) is 0 Å². The Morgan fingerprint density at radius 2 is 2.43 bits per heavy atom. The summed E-state index contributed by atoms with van der Waals surface area (Å²) in [5.74, 6) is -0.715. The lowest BCUT2D eigenvalue weighted by atomic mass is 10.2. The molecule has 14 heavy (non-hydrogen) atoms. The lowest BCUT2D eigenvalue weighted by molar-refractivity contribution is -0.137. The molecule has 0 spiro atoms. The number of hydrogen-bond donors (Lipinski definition) is 2. The van der Waals surface area contributed by atoms with Gasteiger partial charge in [-0.15, -0.1) is 11.3 Å². The van der Waals surface area contributed by atoms with Gasteiger partial charge in [0.1, 0.15) is 0 Å². The number of hydrogen-bond acceptors (Lipinski definition) is 4. The van der Waals surface area contributed by atoms with Crippen LogP contribution < -0.4 is 5.32 Å². The highest BCUT2D eigenvalue weighted by atomic mass is 32.1. The van der Waals surface area contributed by atoms with E-state index < -0.39 is 5.97 Å². The van der Waals surface area contributed by atoms with E-state index in [2.05, 4.69) is 10.3 Å². The van der Waals surface area contributed by atoms with Gasteiger partial charge in [0, 0.05) is 24.0 Å². The quantitative estimate of drug-likeness (QED) is 0.675. The molecule has 0 amide bonds. The summed E-state index contributed by atoms with van der Waals surface area (Å²) in [6.45, 7) is 1.70. The van der Waals surface area contributed by atoms with Gasteiger partial charge in [-0.2, -0.15) is 0 Å². The highest BCUT2D eigenvalue weighted by molar-refractivity contribution is 7.09. The number of carbonyl (C=O) groups is 1. The Kier molecular flexibility index (Phi) is 5.17. The molecule has 78 valence electrons. The number of carboxylic acids is 1. The molecule has 5 heteroatoms. The van der Waals surface area contributed by atoms with Gasteiger partial charge < -0.3 is 10.4 Å². The highest BCUT2D eigenvalue weighted by Gasteiger charge is 1.96. The van der Waals surface area contributed by atoms with Crippen LogP contribution in [0.1, 0.15) is 24.1 Å². The van der Waals surface area contributed by atoms with Crippen LogP contribution in [0.25, 0.3) is 0 Å².